The molecule has 2 aromatic carbocycles. The van der Waals surface area contributed by atoms with Gasteiger partial charge < -0.3 is 19.9 Å². The summed E-state index contributed by atoms with van der Waals surface area (Å²) >= 11 is 0. The number of rotatable bonds is 7. The van der Waals surface area contributed by atoms with Crippen molar-refractivity contribution in [1.82, 2.24) is 29.7 Å². The van der Waals surface area contributed by atoms with E-state index in [2.05, 4.69) is 53.4 Å². The van der Waals surface area contributed by atoms with E-state index in [1.807, 2.05) is 17.0 Å². The summed E-state index contributed by atoms with van der Waals surface area (Å²) in [5.41, 5.74) is 4.40. The van der Waals surface area contributed by atoms with Gasteiger partial charge in [0.1, 0.15) is 17.3 Å². The SMILES string of the molecule is Cc1ccc(Nc2ncc3ccn(-c4cc(F)c(CN5CCOCC5)c(F)c4)c3n2)cc1CN1CC(C)NC(C)C1. The van der Waals surface area contributed by atoms with Gasteiger partial charge in [-0.3, -0.25) is 9.80 Å². The highest BCUT2D eigenvalue weighted by Gasteiger charge is 2.22. The molecule has 10 heteroatoms. The monoisotopic (exact) mass is 561 g/mol. The van der Waals surface area contributed by atoms with Gasteiger partial charge in [0.05, 0.1) is 18.9 Å². The molecule has 2 aliphatic rings. The van der Waals surface area contributed by atoms with Crippen molar-refractivity contribution in [3.8, 4) is 5.69 Å². The Hall–Kier alpha value is -3.44. The van der Waals surface area contributed by atoms with E-state index < -0.39 is 11.6 Å². The first-order chi connectivity index (χ1) is 19.8. The summed E-state index contributed by atoms with van der Waals surface area (Å²) in [6.45, 7) is 12.2. The number of benzene rings is 2. The van der Waals surface area contributed by atoms with Crippen LogP contribution in [0.4, 0.5) is 20.4 Å². The second-order valence-electron chi connectivity index (χ2n) is 11.4. The number of morpholine rings is 1. The maximum absolute atomic E-state index is 15.1. The number of aryl methyl sites for hydroxylation is 1. The highest BCUT2D eigenvalue weighted by molar-refractivity contribution is 5.79. The Kier molecular flexibility index (Phi) is 7.99. The predicted molar refractivity (Wildman–Crippen MR) is 157 cm³/mol. The molecular formula is C31H37F2N7O. The number of hydrogen-bond acceptors (Lipinski definition) is 7. The van der Waals surface area contributed by atoms with Crippen LogP contribution in [0.15, 0.2) is 48.8 Å². The molecule has 2 unspecified atom stereocenters. The van der Waals surface area contributed by atoms with Crippen LogP contribution < -0.4 is 10.6 Å². The minimum Gasteiger partial charge on any atom is -0.379 e. The first-order valence-electron chi connectivity index (χ1n) is 14.3. The number of nitrogens with zero attached hydrogens (tertiary/aromatic N) is 5. The summed E-state index contributed by atoms with van der Waals surface area (Å²) in [6.07, 6.45) is 3.48. The third-order valence-corrected chi connectivity index (χ3v) is 7.95. The summed E-state index contributed by atoms with van der Waals surface area (Å²) in [4.78, 5) is 13.7. The minimum absolute atomic E-state index is 0.0731. The Balaban J connectivity index is 1.23. The van der Waals surface area contributed by atoms with Gasteiger partial charge in [-0.2, -0.15) is 4.98 Å². The number of piperazine rings is 1. The largest absolute Gasteiger partial charge is 0.379 e. The van der Waals surface area contributed by atoms with Gasteiger partial charge in [0.15, 0.2) is 0 Å². The zero-order valence-electron chi connectivity index (χ0n) is 23.8. The quantitative estimate of drug-likeness (QED) is 0.337. The second kappa shape index (κ2) is 11.8. The van der Waals surface area contributed by atoms with Crippen molar-refractivity contribution in [3.05, 3.63) is 77.1 Å². The van der Waals surface area contributed by atoms with Gasteiger partial charge in [-0.25, -0.2) is 13.8 Å². The lowest BCUT2D eigenvalue weighted by atomic mass is 10.1. The molecule has 0 spiro atoms. The van der Waals surface area contributed by atoms with E-state index in [4.69, 9.17) is 9.72 Å². The van der Waals surface area contributed by atoms with Gasteiger partial charge in [-0.05, 0) is 62.2 Å². The number of aromatic nitrogens is 3. The Morgan fingerprint density at radius 1 is 0.976 bits per heavy atom. The van der Waals surface area contributed by atoms with Crippen molar-refractivity contribution < 1.29 is 13.5 Å². The maximum atomic E-state index is 15.1. The third kappa shape index (κ3) is 6.25. The Bertz CT molecular complexity index is 1500. The van der Waals surface area contributed by atoms with Gasteiger partial charge >= 0.3 is 0 Å². The maximum Gasteiger partial charge on any atom is 0.229 e. The molecule has 0 bridgehead atoms. The standard InChI is InChI=1S/C31H37F2N7O/c1-20-4-5-25(12-24(20)18-39-16-21(2)35-22(3)17-39)36-31-34-15-23-6-7-40(30(23)37-31)26-13-28(32)27(29(33)14-26)19-38-8-10-41-11-9-38/h4-7,12-15,21-22,35H,8-11,16-19H2,1-3H3,(H,34,36,37). The fourth-order valence-electron chi connectivity index (χ4n) is 5.91. The zero-order valence-corrected chi connectivity index (χ0v) is 23.8. The number of hydrogen-bond donors (Lipinski definition) is 2. The van der Waals surface area contributed by atoms with Crippen LogP contribution in [0.5, 0.6) is 0 Å². The van der Waals surface area contributed by atoms with E-state index in [1.54, 1.807) is 17.0 Å². The highest BCUT2D eigenvalue weighted by Crippen LogP contribution is 2.26. The van der Waals surface area contributed by atoms with Gasteiger partial charge in [0.2, 0.25) is 5.95 Å². The number of halogens is 2. The van der Waals surface area contributed by atoms with E-state index in [9.17, 15) is 0 Å². The highest BCUT2D eigenvalue weighted by atomic mass is 19.1. The van der Waals surface area contributed by atoms with Crippen molar-refractivity contribution in [2.75, 3.05) is 44.7 Å². The lowest BCUT2D eigenvalue weighted by molar-refractivity contribution is 0.0332. The number of anilines is 2. The summed E-state index contributed by atoms with van der Waals surface area (Å²) in [5, 5.41) is 7.70. The molecule has 8 nitrogen and oxygen atoms in total. The van der Waals surface area contributed by atoms with E-state index in [1.165, 1.54) is 23.3 Å². The molecule has 2 atom stereocenters. The first-order valence-corrected chi connectivity index (χ1v) is 14.3. The molecule has 4 heterocycles. The lowest BCUT2D eigenvalue weighted by Gasteiger charge is -2.36. The molecule has 0 radical (unpaired) electrons. The molecule has 6 rings (SSSR count). The molecule has 216 valence electrons. The van der Waals surface area contributed by atoms with Crippen LogP contribution in [0, 0.1) is 18.6 Å². The van der Waals surface area contributed by atoms with Gasteiger partial charge in [0, 0.05) is 80.4 Å². The summed E-state index contributed by atoms with van der Waals surface area (Å²) in [6, 6.07) is 11.8. The summed E-state index contributed by atoms with van der Waals surface area (Å²) in [7, 11) is 0. The molecule has 2 fully saturated rings. The summed E-state index contributed by atoms with van der Waals surface area (Å²) in [5.74, 6) is -0.719. The van der Waals surface area contributed by atoms with Crippen LogP contribution in [0.3, 0.4) is 0 Å². The van der Waals surface area contributed by atoms with Crippen molar-refractivity contribution in [3.63, 3.8) is 0 Å². The molecule has 0 aliphatic carbocycles. The molecule has 2 aliphatic heterocycles. The number of nitrogens with one attached hydrogen (secondary N) is 2. The van der Waals surface area contributed by atoms with Crippen molar-refractivity contribution in [2.24, 2.45) is 0 Å². The van der Waals surface area contributed by atoms with Gasteiger partial charge in [0.25, 0.3) is 0 Å². The zero-order chi connectivity index (χ0) is 28.5. The van der Waals surface area contributed by atoms with Crippen LogP contribution in [0.2, 0.25) is 0 Å². The average Bonchev–Trinajstić information content (AvgIpc) is 3.36. The van der Waals surface area contributed by atoms with Crippen molar-refractivity contribution in [2.45, 2.75) is 45.9 Å². The lowest BCUT2D eigenvalue weighted by Crippen LogP contribution is -2.53. The van der Waals surface area contributed by atoms with Crippen LogP contribution >= 0.6 is 0 Å². The average molecular weight is 562 g/mol. The number of ether oxygens (including phenoxy) is 1. The normalized spacial score (nSPS) is 20.5. The van der Waals surface area contributed by atoms with Crippen LogP contribution in [-0.4, -0.2) is 75.8 Å². The molecule has 0 amide bonds. The van der Waals surface area contributed by atoms with Gasteiger partial charge in [-0.15, -0.1) is 0 Å². The van der Waals surface area contributed by atoms with Gasteiger partial charge in [-0.1, -0.05) is 6.07 Å². The smallest absolute Gasteiger partial charge is 0.229 e. The fraction of sp³-hybridized carbons (Fsp3) is 0.419. The van der Waals surface area contributed by atoms with Crippen LogP contribution in [0.25, 0.3) is 16.7 Å². The Labute approximate surface area is 239 Å². The molecule has 2 saturated heterocycles. The second-order valence-corrected chi connectivity index (χ2v) is 11.4. The number of fused-ring (bicyclic) bond motifs is 1. The molecule has 4 aromatic rings. The van der Waals surface area contributed by atoms with Crippen molar-refractivity contribution in [1.29, 1.82) is 0 Å². The Morgan fingerprint density at radius 2 is 1.71 bits per heavy atom. The van der Waals surface area contributed by atoms with Crippen LogP contribution in [-0.2, 0) is 17.8 Å². The molecule has 2 N–H and O–H groups in total. The fourth-order valence-corrected chi connectivity index (χ4v) is 5.91. The minimum atomic E-state index is -0.568. The van der Waals surface area contributed by atoms with Crippen molar-refractivity contribution >= 4 is 22.7 Å². The van der Waals surface area contributed by atoms with E-state index in [-0.39, 0.29) is 12.1 Å². The topological polar surface area (TPSA) is 70.5 Å². The van der Waals surface area contributed by atoms with Crippen LogP contribution in [0.1, 0.15) is 30.5 Å². The summed E-state index contributed by atoms with van der Waals surface area (Å²) < 4.78 is 37.3. The molecule has 41 heavy (non-hydrogen) atoms. The van der Waals surface area contributed by atoms with E-state index in [0.29, 0.717) is 55.7 Å². The predicted octanol–water partition coefficient (Wildman–Crippen LogP) is 4.77. The van der Waals surface area contributed by atoms with E-state index in [0.717, 1.165) is 30.7 Å². The molecule has 2 aromatic heterocycles. The van der Waals surface area contributed by atoms with E-state index >= 15 is 8.78 Å². The first kappa shape index (κ1) is 27.7. The third-order valence-electron chi connectivity index (χ3n) is 7.95. The molecule has 0 saturated carbocycles. The Morgan fingerprint density at radius 3 is 2.44 bits per heavy atom. The molecular weight excluding hydrogens is 524 g/mol.